The molecule has 0 radical (unpaired) electrons. The summed E-state index contributed by atoms with van der Waals surface area (Å²) in [5.41, 5.74) is 0.649. The van der Waals surface area contributed by atoms with Gasteiger partial charge in [-0.05, 0) is 31.0 Å². The zero-order valence-corrected chi connectivity index (χ0v) is 16.8. The average Bonchev–Trinajstić information content (AvgIpc) is 2.64. The summed E-state index contributed by atoms with van der Waals surface area (Å²) in [6.07, 6.45) is 5.21. The van der Waals surface area contributed by atoms with E-state index in [1.165, 1.54) is 10.8 Å². The first-order valence-electron chi connectivity index (χ1n) is 8.76. The fourth-order valence-corrected chi connectivity index (χ4v) is 3.10. The van der Waals surface area contributed by atoms with Crippen molar-refractivity contribution in [1.82, 2.24) is 4.57 Å². The summed E-state index contributed by atoms with van der Waals surface area (Å²) in [4.78, 5) is 16.8. The first-order valence-corrected chi connectivity index (χ1v) is 9.52. The number of halogens is 2. The van der Waals surface area contributed by atoms with Crippen LogP contribution < -0.4 is 5.56 Å². The summed E-state index contributed by atoms with van der Waals surface area (Å²) >= 11 is 12.1. The number of nitriles is 1. The molecule has 0 spiro atoms. The second-order valence-electron chi connectivity index (χ2n) is 6.20. The van der Waals surface area contributed by atoms with E-state index in [4.69, 9.17) is 23.2 Å². The van der Waals surface area contributed by atoms with Crippen molar-refractivity contribution in [1.29, 1.82) is 5.26 Å². The van der Waals surface area contributed by atoms with Crippen LogP contribution in [-0.2, 0) is 6.54 Å². The molecule has 0 unspecified atom stereocenters. The van der Waals surface area contributed by atoms with Gasteiger partial charge in [0.05, 0.1) is 21.3 Å². The zero-order chi connectivity index (χ0) is 20.0. The minimum atomic E-state index is -0.484. The minimum absolute atomic E-state index is 0.00179. The molecule has 2 aromatic rings. The average molecular weight is 406 g/mol. The van der Waals surface area contributed by atoms with E-state index in [9.17, 15) is 15.2 Å². The van der Waals surface area contributed by atoms with Crippen LogP contribution >= 0.6 is 23.2 Å². The molecule has 1 N–H and O–H groups in total. The quantitative estimate of drug-likeness (QED) is 0.496. The van der Waals surface area contributed by atoms with Gasteiger partial charge in [-0.1, -0.05) is 55.5 Å². The number of aliphatic imine (C=N–C) groups is 1. The van der Waals surface area contributed by atoms with Gasteiger partial charge in [0.2, 0.25) is 5.88 Å². The Kier molecular flexibility index (Phi) is 7.46. The number of nitrogens with zero attached hydrogens (tertiary/aromatic N) is 3. The second kappa shape index (κ2) is 9.59. The SMILES string of the molecule is CCCCCCn1c(O)c(C=Nc2cccc(Cl)c2Cl)c(C)c(C#N)c1=O. The van der Waals surface area contributed by atoms with Gasteiger partial charge in [0.25, 0.3) is 5.56 Å². The molecule has 27 heavy (non-hydrogen) atoms. The van der Waals surface area contributed by atoms with Crippen LogP contribution in [0.25, 0.3) is 0 Å². The fourth-order valence-electron chi connectivity index (χ4n) is 2.76. The third-order valence-corrected chi connectivity index (χ3v) is 5.15. The van der Waals surface area contributed by atoms with Crippen molar-refractivity contribution in [2.24, 2.45) is 4.99 Å². The first-order chi connectivity index (χ1) is 12.9. The van der Waals surface area contributed by atoms with Crippen molar-refractivity contribution >= 4 is 35.1 Å². The Morgan fingerprint density at radius 2 is 2.04 bits per heavy atom. The topological polar surface area (TPSA) is 78.4 Å². The lowest BCUT2D eigenvalue weighted by Crippen LogP contribution is -2.25. The van der Waals surface area contributed by atoms with Crippen molar-refractivity contribution in [3.05, 3.63) is 55.3 Å². The third kappa shape index (κ3) is 4.71. The number of unbranched alkanes of at least 4 members (excludes halogenated alkanes) is 3. The van der Waals surface area contributed by atoms with E-state index in [0.29, 0.717) is 33.4 Å². The van der Waals surface area contributed by atoms with Crippen LogP contribution in [0.4, 0.5) is 5.69 Å². The lowest BCUT2D eigenvalue weighted by molar-refractivity contribution is 0.397. The predicted octanol–water partition coefficient (Wildman–Crippen LogP) is 5.37. The summed E-state index contributed by atoms with van der Waals surface area (Å²) in [5.74, 6) is -0.199. The van der Waals surface area contributed by atoms with Crippen molar-refractivity contribution in [3.8, 4) is 11.9 Å². The van der Waals surface area contributed by atoms with Crippen LogP contribution in [0.5, 0.6) is 5.88 Å². The maximum atomic E-state index is 12.5. The largest absolute Gasteiger partial charge is 0.494 e. The van der Waals surface area contributed by atoms with Crippen LogP contribution in [0.2, 0.25) is 10.0 Å². The molecule has 0 aliphatic heterocycles. The number of hydrogen-bond acceptors (Lipinski definition) is 4. The molecule has 1 aromatic heterocycles. The van der Waals surface area contributed by atoms with E-state index >= 15 is 0 Å². The van der Waals surface area contributed by atoms with Crippen molar-refractivity contribution in [2.45, 2.75) is 46.1 Å². The lowest BCUT2D eigenvalue weighted by Gasteiger charge is -2.14. The van der Waals surface area contributed by atoms with Gasteiger partial charge >= 0.3 is 0 Å². The second-order valence-corrected chi connectivity index (χ2v) is 6.98. The third-order valence-electron chi connectivity index (χ3n) is 4.35. The Bertz CT molecular complexity index is 959. The summed E-state index contributed by atoms with van der Waals surface area (Å²) in [5, 5.41) is 20.7. The molecule has 1 heterocycles. The molecule has 0 bridgehead atoms. The van der Waals surface area contributed by atoms with E-state index < -0.39 is 5.56 Å². The standard InChI is InChI=1S/C20H21Cl2N3O2/c1-3-4-5-6-10-25-19(26)14(11-23)13(2)15(20(25)27)12-24-17-9-7-8-16(21)18(17)22/h7-9,12,27H,3-6,10H2,1-2H3. The maximum Gasteiger partial charge on any atom is 0.271 e. The molecule has 7 heteroatoms. The van der Waals surface area contributed by atoms with Crippen molar-refractivity contribution < 1.29 is 5.11 Å². The highest BCUT2D eigenvalue weighted by Gasteiger charge is 2.18. The Hall–Kier alpha value is -2.29. The highest BCUT2D eigenvalue weighted by Crippen LogP contribution is 2.32. The number of rotatable bonds is 7. The molecule has 0 fully saturated rings. The van der Waals surface area contributed by atoms with Crippen LogP contribution in [0.1, 0.15) is 49.3 Å². The molecule has 0 saturated carbocycles. The predicted molar refractivity (Wildman–Crippen MR) is 110 cm³/mol. The molecular weight excluding hydrogens is 385 g/mol. The Balaban J connectivity index is 2.49. The Morgan fingerprint density at radius 3 is 2.70 bits per heavy atom. The van der Waals surface area contributed by atoms with Gasteiger partial charge in [-0.2, -0.15) is 5.26 Å². The van der Waals surface area contributed by atoms with E-state index in [2.05, 4.69) is 11.9 Å². The smallest absolute Gasteiger partial charge is 0.271 e. The molecule has 1 aromatic carbocycles. The highest BCUT2D eigenvalue weighted by atomic mass is 35.5. The van der Waals surface area contributed by atoms with Gasteiger partial charge in [-0.15, -0.1) is 0 Å². The fraction of sp³-hybridized carbons (Fsp3) is 0.350. The lowest BCUT2D eigenvalue weighted by atomic mass is 10.1. The summed E-state index contributed by atoms with van der Waals surface area (Å²) in [6.45, 7) is 4.05. The molecule has 5 nitrogen and oxygen atoms in total. The minimum Gasteiger partial charge on any atom is -0.494 e. The molecule has 142 valence electrons. The Labute approximate surface area is 168 Å². The van der Waals surface area contributed by atoms with Crippen molar-refractivity contribution in [2.75, 3.05) is 0 Å². The van der Waals surface area contributed by atoms with Gasteiger partial charge < -0.3 is 5.11 Å². The number of aromatic nitrogens is 1. The van der Waals surface area contributed by atoms with Crippen LogP contribution in [-0.4, -0.2) is 15.9 Å². The van der Waals surface area contributed by atoms with Gasteiger partial charge in [-0.25, -0.2) is 0 Å². The van der Waals surface area contributed by atoms with E-state index in [1.54, 1.807) is 25.1 Å². The summed E-state index contributed by atoms with van der Waals surface area (Å²) < 4.78 is 1.24. The molecule has 0 atom stereocenters. The number of pyridine rings is 1. The number of benzene rings is 1. The summed E-state index contributed by atoms with van der Waals surface area (Å²) in [6, 6.07) is 6.98. The molecule has 0 aliphatic rings. The Morgan fingerprint density at radius 1 is 1.30 bits per heavy atom. The highest BCUT2D eigenvalue weighted by molar-refractivity contribution is 6.43. The van der Waals surface area contributed by atoms with Gasteiger partial charge in [0, 0.05) is 12.8 Å². The van der Waals surface area contributed by atoms with Crippen molar-refractivity contribution in [3.63, 3.8) is 0 Å². The normalized spacial score (nSPS) is 11.1. The maximum absolute atomic E-state index is 12.5. The molecule has 0 aliphatic carbocycles. The van der Waals surface area contributed by atoms with Crippen LogP contribution in [0.3, 0.4) is 0 Å². The monoisotopic (exact) mass is 405 g/mol. The molecular formula is C20H21Cl2N3O2. The molecule has 0 amide bonds. The van der Waals surface area contributed by atoms with Crippen LogP contribution in [0.15, 0.2) is 28.0 Å². The first kappa shape index (κ1) is 21.0. The van der Waals surface area contributed by atoms with Gasteiger partial charge in [0.1, 0.15) is 11.6 Å². The van der Waals surface area contributed by atoms with E-state index in [1.807, 2.05) is 6.07 Å². The molecule has 0 saturated heterocycles. The number of hydrogen-bond donors (Lipinski definition) is 1. The van der Waals surface area contributed by atoms with E-state index in [0.717, 1.165) is 25.7 Å². The van der Waals surface area contributed by atoms with Gasteiger partial charge in [-0.3, -0.25) is 14.4 Å². The summed E-state index contributed by atoms with van der Waals surface area (Å²) in [7, 11) is 0. The van der Waals surface area contributed by atoms with E-state index in [-0.39, 0.29) is 11.4 Å². The zero-order valence-electron chi connectivity index (χ0n) is 15.3. The number of aromatic hydroxyl groups is 1. The van der Waals surface area contributed by atoms with Crippen LogP contribution in [0, 0.1) is 18.3 Å². The van der Waals surface area contributed by atoms with Gasteiger partial charge in [0.15, 0.2) is 0 Å². The molecule has 2 rings (SSSR count).